The topological polar surface area (TPSA) is 106 Å². The van der Waals surface area contributed by atoms with Gasteiger partial charge in [0.05, 0.1) is 12.2 Å². The van der Waals surface area contributed by atoms with Gasteiger partial charge in [0.15, 0.2) is 0 Å². The minimum atomic E-state index is -0.898. The molecule has 35 heavy (non-hydrogen) atoms. The molecular formula is C25H35N5O5. The number of carbonyl (C=O) groups excluding carboxylic acids is 3. The number of ether oxygens (including phenoxy) is 2. The van der Waals surface area contributed by atoms with Crippen LogP contribution in [0.2, 0.25) is 0 Å². The highest BCUT2D eigenvalue weighted by Crippen LogP contribution is 2.17. The second-order valence-electron chi connectivity index (χ2n) is 9.59. The molecule has 3 rings (SSSR count). The number of imidazole rings is 1. The number of hydrogen-bond donors (Lipinski definition) is 1. The Morgan fingerprint density at radius 1 is 1.09 bits per heavy atom. The lowest BCUT2D eigenvalue weighted by atomic mass is 10.1. The standard InChI is InChI=1S/C25H35N5O5/c1-18-15-28(19(2)27-18)12-11-26-22(31)21-16-29(23(32)35-25(3,4)5)13-14-30(21)24(33)34-17-20-9-7-6-8-10-20/h6-10,15,21H,11-14,16-17H2,1-5H3,(H,26,31)/t21-/m1/s1. The van der Waals surface area contributed by atoms with Crippen molar-refractivity contribution in [2.75, 3.05) is 26.2 Å². The summed E-state index contributed by atoms with van der Waals surface area (Å²) in [5.41, 5.74) is 1.09. The number of hydrogen-bond acceptors (Lipinski definition) is 6. The van der Waals surface area contributed by atoms with Crippen molar-refractivity contribution in [3.05, 3.63) is 53.6 Å². The van der Waals surface area contributed by atoms with Crippen LogP contribution in [-0.2, 0) is 27.4 Å². The maximum atomic E-state index is 13.2. The largest absolute Gasteiger partial charge is 0.445 e. The monoisotopic (exact) mass is 485 g/mol. The summed E-state index contributed by atoms with van der Waals surface area (Å²) >= 11 is 0. The highest BCUT2D eigenvalue weighted by atomic mass is 16.6. The summed E-state index contributed by atoms with van der Waals surface area (Å²) in [4.78, 5) is 45.9. The van der Waals surface area contributed by atoms with Crippen molar-refractivity contribution in [1.29, 1.82) is 0 Å². The number of nitrogens with one attached hydrogen (secondary N) is 1. The van der Waals surface area contributed by atoms with Crippen LogP contribution in [0, 0.1) is 13.8 Å². The van der Waals surface area contributed by atoms with Crippen LogP contribution >= 0.6 is 0 Å². The normalized spacial score (nSPS) is 16.1. The molecule has 190 valence electrons. The Labute approximate surface area is 206 Å². The predicted octanol–water partition coefficient (Wildman–Crippen LogP) is 2.87. The quantitative estimate of drug-likeness (QED) is 0.675. The fourth-order valence-corrected chi connectivity index (χ4v) is 3.83. The molecule has 1 aromatic heterocycles. The molecule has 3 amide bonds. The van der Waals surface area contributed by atoms with Gasteiger partial charge in [-0.25, -0.2) is 14.6 Å². The van der Waals surface area contributed by atoms with E-state index in [2.05, 4.69) is 10.3 Å². The molecule has 0 saturated carbocycles. The van der Waals surface area contributed by atoms with Crippen LogP contribution in [0.25, 0.3) is 0 Å². The minimum Gasteiger partial charge on any atom is -0.445 e. The smallest absolute Gasteiger partial charge is 0.410 e. The Kier molecular flexibility index (Phi) is 8.37. The highest BCUT2D eigenvalue weighted by molar-refractivity contribution is 5.87. The summed E-state index contributed by atoms with van der Waals surface area (Å²) in [6.45, 7) is 10.6. The third-order valence-corrected chi connectivity index (χ3v) is 5.52. The van der Waals surface area contributed by atoms with Crippen molar-refractivity contribution in [3.63, 3.8) is 0 Å². The Hall–Kier alpha value is -3.56. The summed E-state index contributed by atoms with van der Waals surface area (Å²) in [7, 11) is 0. The Morgan fingerprint density at radius 2 is 1.80 bits per heavy atom. The molecule has 0 aliphatic carbocycles. The van der Waals surface area contributed by atoms with Crippen LogP contribution < -0.4 is 5.32 Å². The van der Waals surface area contributed by atoms with Gasteiger partial charge in [-0.15, -0.1) is 0 Å². The lowest BCUT2D eigenvalue weighted by Crippen LogP contribution is -2.62. The summed E-state index contributed by atoms with van der Waals surface area (Å²) in [5.74, 6) is 0.501. The average Bonchev–Trinajstić information content (AvgIpc) is 3.13. The van der Waals surface area contributed by atoms with Crippen molar-refractivity contribution >= 4 is 18.1 Å². The number of rotatable bonds is 6. The first-order valence-electron chi connectivity index (χ1n) is 11.8. The third-order valence-electron chi connectivity index (χ3n) is 5.52. The Morgan fingerprint density at radius 3 is 2.43 bits per heavy atom. The molecule has 0 radical (unpaired) electrons. The number of amides is 3. The summed E-state index contributed by atoms with van der Waals surface area (Å²) in [6.07, 6.45) is 0.801. The van der Waals surface area contributed by atoms with Crippen LogP contribution in [0.1, 0.15) is 37.9 Å². The van der Waals surface area contributed by atoms with Crippen LogP contribution in [0.5, 0.6) is 0 Å². The van der Waals surface area contributed by atoms with E-state index in [0.29, 0.717) is 13.1 Å². The van der Waals surface area contributed by atoms with E-state index in [1.54, 1.807) is 20.8 Å². The molecule has 0 bridgehead atoms. The average molecular weight is 486 g/mol. The molecule has 1 N–H and O–H groups in total. The summed E-state index contributed by atoms with van der Waals surface area (Å²) in [6, 6.07) is 8.43. The first-order chi connectivity index (χ1) is 16.5. The number of aryl methyl sites for hydroxylation is 2. The highest BCUT2D eigenvalue weighted by Gasteiger charge is 2.39. The molecule has 1 saturated heterocycles. The molecular weight excluding hydrogens is 450 g/mol. The first-order valence-corrected chi connectivity index (χ1v) is 11.8. The second kappa shape index (κ2) is 11.2. The van der Waals surface area contributed by atoms with E-state index in [1.807, 2.05) is 54.9 Å². The molecule has 0 unspecified atom stereocenters. The van der Waals surface area contributed by atoms with Gasteiger partial charge in [0, 0.05) is 32.4 Å². The molecule has 10 heteroatoms. The lowest BCUT2D eigenvalue weighted by Gasteiger charge is -2.40. The van der Waals surface area contributed by atoms with E-state index < -0.39 is 23.8 Å². The summed E-state index contributed by atoms with van der Waals surface area (Å²) < 4.78 is 12.9. The van der Waals surface area contributed by atoms with Gasteiger partial charge in [-0.1, -0.05) is 30.3 Å². The molecule has 2 heterocycles. The van der Waals surface area contributed by atoms with Gasteiger partial charge in [-0.3, -0.25) is 9.69 Å². The van der Waals surface area contributed by atoms with Crippen molar-refractivity contribution in [1.82, 2.24) is 24.7 Å². The number of carbonyl (C=O) groups is 3. The van der Waals surface area contributed by atoms with Crippen LogP contribution in [0.15, 0.2) is 36.5 Å². The van der Waals surface area contributed by atoms with E-state index in [1.165, 1.54) is 9.80 Å². The first kappa shape index (κ1) is 26.1. The van der Waals surface area contributed by atoms with Gasteiger partial charge >= 0.3 is 12.2 Å². The molecule has 1 atom stereocenters. The van der Waals surface area contributed by atoms with E-state index in [9.17, 15) is 14.4 Å². The molecule has 1 aromatic carbocycles. The second-order valence-corrected chi connectivity index (χ2v) is 9.59. The lowest BCUT2D eigenvalue weighted by molar-refractivity contribution is -0.128. The molecule has 1 aliphatic heterocycles. The van der Waals surface area contributed by atoms with E-state index in [0.717, 1.165) is 17.1 Å². The maximum absolute atomic E-state index is 13.2. The number of benzene rings is 1. The molecule has 2 aromatic rings. The fraction of sp³-hybridized carbons (Fsp3) is 0.520. The maximum Gasteiger partial charge on any atom is 0.410 e. The van der Waals surface area contributed by atoms with Crippen LogP contribution in [-0.4, -0.2) is 75.3 Å². The van der Waals surface area contributed by atoms with Crippen molar-refractivity contribution in [2.24, 2.45) is 0 Å². The number of nitrogens with zero attached hydrogens (tertiary/aromatic N) is 4. The van der Waals surface area contributed by atoms with Crippen molar-refractivity contribution in [2.45, 2.75) is 59.4 Å². The Bertz CT molecular complexity index is 1030. The third kappa shape index (κ3) is 7.46. The van der Waals surface area contributed by atoms with Crippen LogP contribution in [0.4, 0.5) is 9.59 Å². The van der Waals surface area contributed by atoms with Crippen molar-refractivity contribution in [3.8, 4) is 0 Å². The van der Waals surface area contributed by atoms with E-state index >= 15 is 0 Å². The minimum absolute atomic E-state index is 0.0182. The molecule has 1 fully saturated rings. The van der Waals surface area contributed by atoms with Crippen molar-refractivity contribution < 1.29 is 23.9 Å². The van der Waals surface area contributed by atoms with Gasteiger partial charge in [0.25, 0.3) is 0 Å². The molecule has 0 spiro atoms. The summed E-state index contributed by atoms with van der Waals surface area (Å²) in [5, 5.41) is 2.89. The van der Waals surface area contributed by atoms with Crippen LogP contribution in [0.3, 0.4) is 0 Å². The number of aromatic nitrogens is 2. The van der Waals surface area contributed by atoms with Gasteiger partial charge in [0.2, 0.25) is 5.91 Å². The Balaban J connectivity index is 1.66. The zero-order valence-corrected chi connectivity index (χ0v) is 21.1. The molecule has 1 aliphatic rings. The van der Waals surface area contributed by atoms with Gasteiger partial charge < -0.3 is 24.3 Å². The SMILES string of the molecule is Cc1cn(CCNC(=O)[C@H]2CN(C(=O)OC(C)(C)C)CCN2C(=O)OCc2ccccc2)c(C)n1. The number of piperazine rings is 1. The van der Waals surface area contributed by atoms with E-state index in [4.69, 9.17) is 9.47 Å². The van der Waals surface area contributed by atoms with Gasteiger partial charge in [-0.05, 0) is 40.2 Å². The molecule has 10 nitrogen and oxygen atoms in total. The van der Waals surface area contributed by atoms with Gasteiger partial charge in [0.1, 0.15) is 24.1 Å². The zero-order chi connectivity index (χ0) is 25.6. The van der Waals surface area contributed by atoms with Gasteiger partial charge in [-0.2, -0.15) is 0 Å². The fourth-order valence-electron chi connectivity index (χ4n) is 3.83. The van der Waals surface area contributed by atoms with E-state index in [-0.39, 0.29) is 32.1 Å². The predicted molar refractivity (Wildman–Crippen MR) is 130 cm³/mol. The zero-order valence-electron chi connectivity index (χ0n) is 21.1.